The van der Waals surface area contributed by atoms with Gasteiger partial charge in [-0.2, -0.15) is 0 Å². The number of ether oxygens (including phenoxy) is 2. The molecule has 1 heterocycles. The van der Waals surface area contributed by atoms with Gasteiger partial charge < -0.3 is 19.5 Å². The zero-order valence-corrected chi connectivity index (χ0v) is 15.2. The van der Waals surface area contributed by atoms with Crippen LogP contribution in [0.2, 0.25) is 0 Å². The quantitative estimate of drug-likeness (QED) is 0.483. The van der Waals surface area contributed by atoms with Crippen LogP contribution in [0.15, 0.2) is 60.2 Å². The van der Waals surface area contributed by atoms with E-state index in [-0.39, 0.29) is 24.5 Å². The summed E-state index contributed by atoms with van der Waals surface area (Å²) in [5.74, 6) is -1.06. The Morgan fingerprint density at radius 2 is 1.70 bits per heavy atom. The number of amides is 1. The van der Waals surface area contributed by atoms with Crippen molar-refractivity contribution in [2.24, 2.45) is 0 Å². The van der Waals surface area contributed by atoms with Crippen LogP contribution in [0.5, 0.6) is 5.75 Å². The van der Waals surface area contributed by atoms with Crippen LogP contribution in [0.3, 0.4) is 0 Å². The van der Waals surface area contributed by atoms with Gasteiger partial charge in [-0.1, -0.05) is 48.5 Å². The van der Waals surface area contributed by atoms with E-state index in [1.807, 2.05) is 6.07 Å². The molecule has 3 rings (SSSR count). The minimum atomic E-state index is -0.753. The summed E-state index contributed by atoms with van der Waals surface area (Å²) in [6.07, 6.45) is 0. The number of rotatable bonds is 6. The third-order valence-corrected chi connectivity index (χ3v) is 4.56. The summed E-state index contributed by atoms with van der Waals surface area (Å²) >= 11 is 0. The maximum Gasteiger partial charge on any atom is 0.295 e. The van der Waals surface area contributed by atoms with E-state index in [2.05, 4.69) is 0 Å². The number of para-hydroxylation sites is 1. The molecule has 1 amide bonds. The molecule has 140 valence electrons. The van der Waals surface area contributed by atoms with Gasteiger partial charge >= 0.3 is 0 Å². The van der Waals surface area contributed by atoms with E-state index in [9.17, 15) is 14.7 Å². The van der Waals surface area contributed by atoms with Crippen LogP contribution in [0.4, 0.5) is 0 Å². The van der Waals surface area contributed by atoms with Crippen LogP contribution >= 0.6 is 0 Å². The zero-order valence-electron chi connectivity index (χ0n) is 15.2. The van der Waals surface area contributed by atoms with E-state index in [0.717, 1.165) is 0 Å². The largest absolute Gasteiger partial charge is 0.507 e. The highest BCUT2D eigenvalue weighted by atomic mass is 16.5. The van der Waals surface area contributed by atoms with Crippen molar-refractivity contribution in [3.8, 4) is 5.75 Å². The van der Waals surface area contributed by atoms with Crippen molar-refractivity contribution in [3.63, 3.8) is 0 Å². The highest BCUT2D eigenvalue weighted by molar-refractivity contribution is 6.46. The molecule has 0 saturated carbocycles. The standard InChI is InChI=1S/C21H21NO5/c1-26-13-12-22-18(15-10-6-7-11-16(15)27-2)17(20(24)21(22)25)19(23)14-8-4-3-5-9-14/h3-11,18,23H,12-13H2,1-2H3. The lowest BCUT2D eigenvalue weighted by Gasteiger charge is -2.26. The summed E-state index contributed by atoms with van der Waals surface area (Å²) in [5.41, 5.74) is 1.15. The topological polar surface area (TPSA) is 76.1 Å². The number of aliphatic hydroxyl groups excluding tert-OH is 1. The molecule has 2 aromatic rings. The van der Waals surface area contributed by atoms with Crippen molar-refractivity contribution in [1.82, 2.24) is 4.90 Å². The van der Waals surface area contributed by atoms with Gasteiger partial charge in [-0.3, -0.25) is 9.59 Å². The van der Waals surface area contributed by atoms with Crippen molar-refractivity contribution < 1.29 is 24.2 Å². The van der Waals surface area contributed by atoms with Crippen LogP contribution in [0.1, 0.15) is 17.2 Å². The Labute approximate surface area is 157 Å². The normalized spacial score (nSPS) is 18.7. The molecule has 6 heteroatoms. The first-order valence-corrected chi connectivity index (χ1v) is 8.55. The average Bonchev–Trinajstić information content (AvgIpc) is 2.96. The van der Waals surface area contributed by atoms with Crippen LogP contribution in [0, 0.1) is 0 Å². The Bertz CT molecular complexity index is 875. The number of carbonyl (C=O) groups is 2. The van der Waals surface area contributed by atoms with E-state index in [0.29, 0.717) is 16.9 Å². The predicted octanol–water partition coefficient (Wildman–Crippen LogP) is 2.76. The number of aliphatic hydroxyl groups is 1. The van der Waals surface area contributed by atoms with Gasteiger partial charge in [0.2, 0.25) is 0 Å². The Balaban J connectivity index is 2.20. The first kappa shape index (κ1) is 18.7. The van der Waals surface area contributed by atoms with Crippen molar-refractivity contribution in [3.05, 3.63) is 71.3 Å². The second-order valence-corrected chi connectivity index (χ2v) is 6.09. The molecule has 0 radical (unpaired) electrons. The Kier molecular flexibility index (Phi) is 5.57. The number of carbonyl (C=O) groups excluding carboxylic acids is 2. The molecule has 1 fully saturated rings. The second kappa shape index (κ2) is 8.05. The Morgan fingerprint density at radius 3 is 2.37 bits per heavy atom. The molecule has 2 aromatic carbocycles. The monoisotopic (exact) mass is 367 g/mol. The molecule has 1 aliphatic rings. The summed E-state index contributed by atoms with van der Waals surface area (Å²) in [6.45, 7) is 0.486. The lowest BCUT2D eigenvalue weighted by Crippen LogP contribution is -2.32. The smallest absolute Gasteiger partial charge is 0.295 e. The number of benzene rings is 2. The Morgan fingerprint density at radius 1 is 1.04 bits per heavy atom. The summed E-state index contributed by atoms with van der Waals surface area (Å²) in [5, 5.41) is 10.9. The van der Waals surface area contributed by atoms with Crippen LogP contribution in [-0.2, 0) is 14.3 Å². The molecule has 1 unspecified atom stereocenters. The van der Waals surface area contributed by atoms with Gasteiger partial charge in [-0.25, -0.2) is 0 Å². The van der Waals surface area contributed by atoms with Crippen molar-refractivity contribution >= 4 is 17.4 Å². The highest BCUT2D eigenvalue weighted by Gasteiger charge is 2.46. The molecule has 1 atom stereocenters. The molecule has 0 spiro atoms. The summed E-state index contributed by atoms with van der Waals surface area (Å²) in [4.78, 5) is 26.9. The number of ketones is 1. The van der Waals surface area contributed by atoms with Gasteiger partial charge in [0.1, 0.15) is 11.5 Å². The van der Waals surface area contributed by atoms with Crippen molar-refractivity contribution in [1.29, 1.82) is 0 Å². The maximum atomic E-state index is 12.8. The minimum absolute atomic E-state index is 0.0480. The molecule has 6 nitrogen and oxygen atoms in total. The highest BCUT2D eigenvalue weighted by Crippen LogP contribution is 2.42. The van der Waals surface area contributed by atoms with E-state index in [1.165, 1.54) is 19.1 Å². The third kappa shape index (κ3) is 3.44. The Hall–Kier alpha value is -3.12. The molecule has 0 bridgehead atoms. The lowest BCUT2D eigenvalue weighted by molar-refractivity contribution is -0.140. The summed E-state index contributed by atoms with van der Waals surface area (Å²) in [6, 6.07) is 15.1. The van der Waals surface area contributed by atoms with E-state index in [1.54, 1.807) is 48.5 Å². The van der Waals surface area contributed by atoms with Crippen LogP contribution < -0.4 is 4.74 Å². The maximum absolute atomic E-state index is 12.8. The fourth-order valence-corrected chi connectivity index (χ4v) is 3.27. The molecular formula is C21H21NO5. The zero-order chi connectivity index (χ0) is 19.4. The molecule has 0 aromatic heterocycles. The number of Topliss-reactive ketones (excluding diaryl/α,β-unsaturated/α-hetero) is 1. The van der Waals surface area contributed by atoms with Crippen LogP contribution in [0.25, 0.3) is 5.76 Å². The minimum Gasteiger partial charge on any atom is -0.507 e. The predicted molar refractivity (Wildman–Crippen MR) is 100 cm³/mol. The number of hydrogen-bond donors (Lipinski definition) is 1. The lowest BCUT2D eigenvalue weighted by atomic mass is 9.94. The summed E-state index contributed by atoms with van der Waals surface area (Å²) in [7, 11) is 3.05. The number of nitrogens with zero attached hydrogens (tertiary/aromatic N) is 1. The fraction of sp³-hybridized carbons (Fsp3) is 0.238. The van der Waals surface area contributed by atoms with E-state index in [4.69, 9.17) is 9.47 Å². The first-order valence-electron chi connectivity index (χ1n) is 8.55. The fourth-order valence-electron chi connectivity index (χ4n) is 3.27. The number of methoxy groups -OCH3 is 2. The van der Waals surface area contributed by atoms with Gasteiger partial charge in [0.25, 0.3) is 11.7 Å². The molecular weight excluding hydrogens is 346 g/mol. The molecule has 1 saturated heterocycles. The van der Waals surface area contributed by atoms with Gasteiger partial charge in [-0.05, 0) is 6.07 Å². The molecule has 27 heavy (non-hydrogen) atoms. The second-order valence-electron chi connectivity index (χ2n) is 6.09. The third-order valence-electron chi connectivity index (χ3n) is 4.56. The number of likely N-dealkylation sites (tertiary alicyclic amines) is 1. The van der Waals surface area contributed by atoms with E-state index >= 15 is 0 Å². The molecule has 1 aliphatic heterocycles. The summed E-state index contributed by atoms with van der Waals surface area (Å²) < 4.78 is 10.5. The van der Waals surface area contributed by atoms with Gasteiger partial charge in [-0.15, -0.1) is 0 Å². The van der Waals surface area contributed by atoms with Crippen molar-refractivity contribution in [2.75, 3.05) is 27.4 Å². The van der Waals surface area contributed by atoms with Crippen molar-refractivity contribution in [2.45, 2.75) is 6.04 Å². The molecule has 0 aliphatic carbocycles. The van der Waals surface area contributed by atoms with E-state index < -0.39 is 17.7 Å². The van der Waals surface area contributed by atoms with Crippen LogP contribution in [-0.4, -0.2) is 49.1 Å². The van der Waals surface area contributed by atoms with Gasteiger partial charge in [0.15, 0.2) is 0 Å². The number of hydrogen-bond acceptors (Lipinski definition) is 5. The van der Waals surface area contributed by atoms with Gasteiger partial charge in [0.05, 0.1) is 25.3 Å². The van der Waals surface area contributed by atoms with Gasteiger partial charge in [0, 0.05) is 24.8 Å². The molecule has 1 N–H and O–H groups in total. The first-order chi connectivity index (χ1) is 13.1. The average molecular weight is 367 g/mol. The SMILES string of the molecule is COCCN1C(=O)C(=O)C(=C(O)c2ccccc2)C1c1ccccc1OC.